The van der Waals surface area contributed by atoms with Crippen LogP contribution in [0.15, 0.2) is 65.8 Å². The Kier molecular flexibility index (Phi) is 6.76. The molecule has 0 amide bonds. The number of carboxylic acid groups (broad SMARTS) is 1. The maximum atomic E-state index is 14.1. The summed E-state index contributed by atoms with van der Waals surface area (Å²) in [6.07, 6.45) is 8.15. The van der Waals surface area contributed by atoms with Crippen LogP contribution in [-0.4, -0.2) is 48.4 Å². The number of pyridine rings is 1. The minimum absolute atomic E-state index is 0.00163. The zero-order valence-corrected chi connectivity index (χ0v) is 21.5. The largest absolute Gasteiger partial charge is 0.478 e. The minimum Gasteiger partial charge on any atom is -0.478 e. The molecule has 2 aliphatic rings. The van der Waals surface area contributed by atoms with Crippen molar-refractivity contribution in [3.05, 3.63) is 71.5 Å². The van der Waals surface area contributed by atoms with Gasteiger partial charge in [0.15, 0.2) is 0 Å². The number of carboxylic acids is 1. The van der Waals surface area contributed by atoms with E-state index in [0.29, 0.717) is 28.4 Å². The van der Waals surface area contributed by atoms with E-state index in [-0.39, 0.29) is 22.4 Å². The molecule has 2 aromatic carbocycles. The topological polar surface area (TPSA) is 90.8 Å². The van der Waals surface area contributed by atoms with Gasteiger partial charge in [0.05, 0.1) is 16.3 Å². The first-order chi connectivity index (χ1) is 17.3. The van der Waals surface area contributed by atoms with Gasteiger partial charge in [0.2, 0.25) is 10.0 Å². The number of fused-ring (bicyclic) bond motifs is 1. The SMILES string of the molecule is CN1[C@H](C2CCCCC2)CN(c2ccccc2)c2cc(Cl)c(-c3cncc(C(=O)O)c3)cc2S1(=O)=O. The van der Waals surface area contributed by atoms with Gasteiger partial charge in [-0.1, -0.05) is 49.1 Å². The van der Waals surface area contributed by atoms with E-state index in [1.807, 2.05) is 30.3 Å². The molecule has 3 aromatic rings. The summed E-state index contributed by atoms with van der Waals surface area (Å²) >= 11 is 6.74. The smallest absolute Gasteiger partial charge is 0.337 e. The highest BCUT2D eigenvalue weighted by atomic mass is 35.5. The van der Waals surface area contributed by atoms with Crippen LogP contribution in [0.25, 0.3) is 11.1 Å². The van der Waals surface area contributed by atoms with Crippen LogP contribution in [-0.2, 0) is 10.0 Å². The fraction of sp³-hybridized carbons (Fsp3) is 0.333. The molecule has 0 radical (unpaired) electrons. The number of hydrogen-bond donors (Lipinski definition) is 1. The predicted octanol–water partition coefficient (Wildman–Crippen LogP) is 5.82. The Bertz CT molecular complexity index is 1390. The standard InChI is InChI=1S/C27H28ClN3O4S/c1-30-25(18-8-4-2-5-9-18)17-31(21-10-6-3-7-11-21)24-14-23(28)22(13-26(24)36(30,34)35)19-12-20(27(32)33)16-29-15-19/h3,6-7,10-16,18,25H,2,4-5,8-9,17H2,1H3,(H,32,33)/t25-/m0/s1. The van der Waals surface area contributed by atoms with Crippen molar-refractivity contribution in [2.75, 3.05) is 18.5 Å². The number of aromatic nitrogens is 1. The molecule has 0 saturated heterocycles. The van der Waals surface area contributed by atoms with Gasteiger partial charge in [-0.3, -0.25) is 4.98 Å². The molecule has 0 spiro atoms. The zero-order valence-electron chi connectivity index (χ0n) is 20.0. The quantitative estimate of drug-likeness (QED) is 0.461. The molecule has 1 saturated carbocycles. The van der Waals surface area contributed by atoms with Gasteiger partial charge in [0.1, 0.15) is 4.90 Å². The van der Waals surface area contributed by atoms with Gasteiger partial charge in [0.25, 0.3) is 0 Å². The summed E-state index contributed by atoms with van der Waals surface area (Å²) in [6.45, 7) is 0.517. The zero-order chi connectivity index (χ0) is 25.4. The van der Waals surface area contributed by atoms with Crippen LogP contribution in [0, 0.1) is 5.92 Å². The number of sulfonamides is 1. The van der Waals surface area contributed by atoms with E-state index in [4.69, 9.17) is 11.6 Å². The molecule has 1 N–H and O–H groups in total. The molecule has 36 heavy (non-hydrogen) atoms. The first-order valence-corrected chi connectivity index (χ1v) is 13.9. The van der Waals surface area contributed by atoms with E-state index in [1.54, 1.807) is 19.2 Å². The number of anilines is 2. The highest BCUT2D eigenvalue weighted by Gasteiger charge is 2.41. The van der Waals surface area contributed by atoms with Crippen LogP contribution >= 0.6 is 11.6 Å². The number of halogens is 1. The molecule has 1 aliphatic carbocycles. The van der Waals surface area contributed by atoms with Crippen LogP contribution in [0.3, 0.4) is 0 Å². The molecule has 0 unspecified atom stereocenters. The van der Waals surface area contributed by atoms with Gasteiger partial charge in [0, 0.05) is 48.8 Å². The average Bonchev–Trinajstić information content (AvgIpc) is 2.97. The Labute approximate surface area is 216 Å². The lowest BCUT2D eigenvalue weighted by Gasteiger charge is -2.36. The van der Waals surface area contributed by atoms with Crippen molar-refractivity contribution in [1.82, 2.24) is 9.29 Å². The monoisotopic (exact) mass is 525 g/mol. The minimum atomic E-state index is -3.87. The summed E-state index contributed by atoms with van der Waals surface area (Å²) in [7, 11) is -2.20. The van der Waals surface area contributed by atoms with E-state index in [2.05, 4.69) is 9.88 Å². The first kappa shape index (κ1) is 24.7. The Morgan fingerprint density at radius 2 is 1.78 bits per heavy atom. The molecule has 188 valence electrons. The summed E-state index contributed by atoms with van der Waals surface area (Å²) in [4.78, 5) is 17.7. The Morgan fingerprint density at radius 3 is 2.47 bits per heavy atom. The number of hydrogen-bond acceptors (Lipinski definition) is 5. The lowest BCUT2D eigenvalue weighted by atomic mass is 9.83. The second-order valence-electron chi connectivity index (χ2n) is 9.50. The summed E-state index contributed by atoms with van der Waals surface area (Å²) in [5, 5.41) is 9.73. The molecule has 2 heterocycles. The van der Waals surface area contributed by atoms with Gasteiger partial charge in [-0.2, -0.15) is 4.31 Å². The Morgan fingerprint density at radius 1 is 1.06 bits per heavy atom. The Balaban J connectivity index is 1.70. The molecule has 9 heteroatoms. The van der Waals surface area contributed by atoms with Crippen LogP contribution < -0.4 is 4.90 Å². The fourth-order valence-electron chi connectivity index (χ4n) is 5.44. The van der Waals surface area contributed by atoms with Crippen LogP contribution in [0.5, 0.6) is 0 Å². The van der Waals surface area contributed by atoms with Crippen molar-refractivity contribution in [3.8, 4) is 11.1 Å². The molecular formula is C27H28ClN3O4S. The second-order valence-corrected chi connectivity index (χ2v) is 11.9. The van der Waals surface area contributed by atoms with Gasteiger partial charge in [-0.15, -0.1) is 0 Å². The number of rotatable bonds is 4. The highest BCUT2D eigenvalue weighted by molar-refractivity contribution is 7.89. The highest BCUT2D eigenvalue weighted by Crippen LogP contribution is 2.44. The molecule has 1 aliphatic heterocycles. The molecule has 0 bridgehead atoms. The van der Waals surface area contributed by atoms with Crippen molar-refractivity contribution in [3.63, 3.8) is 0 Å². The lowest BCUT2D eigenvalue weighted by Crippen LogP contribution is -2.46. The van der Waals surface area contributed by atoms with E-state index in [0.717, 1.165) is 31.4 Å². The molecular weight excluding hydrogens is 498 g/mol. The summed E-state index contributed by atoms with van der Waals surface area (Å²) < 4.78 is 29.7. The molecule has 7 nitrogen and oxygen atoms in total. The van der Waals surface area contributed by atoms with Crippen LogP contribution in [0.1, 0.15) is 42.5 Å². The van der Waals surface area contributed by atoms with Crippen molar-refractivity contribution < 1.29 is 18.3 Å². The molecule has 1 fully saturated rings. The summed E-state index contributed by atoms with van der Waals surface area (Å²) in [5.41, 5.74) is 2.28. The summed E-state index contributed by atoms with van der Waals surface area (Å²) in [5.74, 6) is -0.849. The average molecular weight is 526 g/mol. The second kappa shape index (κ2) is 9.84. The number of aromatic carboxylic acids is 1. The fourth-order valence-corrected chi connectivity index (χ4v) is 7.31. The van der Waals surface area contributed by atoms with Gasteiger partial charge < -0.3 is 10.0 Å². The third-order valence-corrected chi connectivity index (χ3v) is 9.62. The van der Waals surface area contributed by atoms with E-state index < -0.39 is 16.0 Å². The van der Waals surface area contributed by atoms with Crippen LogP contribution in [0.4, 0.5) is 11.4 Å². The maximum Gasteiger partial charge on any atom is 0.337 e. The van der Waals surface area contributed by atoms with Crippen molar-refractivity contribution >= 4 is 39.0 Å². The van der Waals surface area contributed by atoms with Gasteiger partial charge in [-0.05, 0) is 49.1 Å². The van der Waals surface area contributed by atoms with E-state index >= 15 is 0 Å². The predicted molar refractivity (Wildman–Crippen MR) is 140 cm³/mol. The van der Waals surface area contributed by atoms with Crippen molar-refractivity contribution in [1.29, 1.82) is 0 Å². The summed E-state index contributed by atoms with van der Waals surface area (Å²) in [6, 6.07) is 14.3. The number of benzene rings is 2. The Hall–Kier alpha value is -2.94. The van der Waals surface area contributed by atoms with Crippen LogP contribution in [0.2, 0.25) is 5.02 Å². The van der Waals surface area contributed by atoms with E-state index in [1.165, 1.54) is 29.2 Å². The van der Waals surface area contributed by atoms with E-state index in [9.17, 15) is 18.3 Å². The number of carbonyl (C=O) groups is 1. The van der Waals surface area contributed by atoms with Crippen molar-refractivity contribution in [2.45, 2.75) is 43.0 Å². The third-order valence-electron chi connectivity index (χ3n) is 7.39. The number of nitrogens with zero attached hydrogens (tertiary/aromatic N) is 3. The lowest BCUT2D eigenvalue weighted by molar-refractivity contribution is 0.0696. The van der Waals surface area contributed by atoms with Gasteiger partial charge >= 0.3 is 5.97 Å². The van der Waals surface area contributed by atoms with Crippen molar-refractivity contribution in [2.24, 2.45) is 5.92 Å². The maximum absolute atomic E-state index is 14.1. The number of para-hydroxylation sites is 1. The number of likely N-dealkylation sites (N-methyl/N-ethyl adjacent to an activating group) is 1. The first-order valence-electron chi connectivity index (χ1n) is 12.1. The normalized spacial score (nSPS) is 20.5. The third kappa shape index (κ3) is 4.49. The molecule has 1 aromatic heterocycles. The molecule has 1 atom stereocenters. The van der Waals surface area contributed by atoms with Gasteiger partial charge in [-0.25, -0.2) is 13.2 Å². The molecule has 5 rings (SSSR count).